The Morgan fingerprint density at radius 2 is 2.00 bits per heavy atom. The van der Waals surface area contributed by atoms with Crippen molar-refractivity contribution in [2.75, 3.05) is 11.4 Å². The SMILES string of the molecule is Cc1sc2ncn(CC(=O)N3CCCc4cc([N+](=O)[O-])ccc43)c(=O)c2c1-c1ccccc1. The highest BCUT2D eigenvalue weighted by atomic mass is 32.1. The highest BCUT2D eigenvalue weighted by Crippen LogP contribution is 2.35. The van der Waals surface area contributed by atoms with Gasteiger partial charge in [0.25, 0.3) is 11.2 Å². The van der Waals surface area contributed by atoms with E-state index in [9.17, 15) is 19.7 Å². The van der Waals surface area contributed by atoms with Crippen LogP contribution in [0.4, 0.5) is 11.4 Å². The minimum atomic E-state index is -0.436. The fourth-order valence-corrected chi connectivity index (χ4v) is 5.39. The second-order valence-electron chi connectivity index (χ2n) is 7.98. The summed E-state index contributed by atoms with van der Waals surface area (Å²) in [5, 5.41) is 11.6. The average Bonchev–Trinajstić information content (AvgIpc) is 3.17. The van der Waals surface area contributed by atoms with Crippen molar-refractivity contribution in [3.8, 4) is 11.1 Å². The van der Waals surface area contributed by atoms with Crippen molar-refractivity contribution in [1.29, 1.82) is 0 Å². The molecule has 0 unspecified atom stereocenters. The number of nitrogens with zero attached hydrogens (tertiary/aromatic N) is 4. The second kappa shape index (κ2) is 8.25. The second-order valence-corrected chi connectivity index (χ2v) is 9.18. The lowest BCUT2D eigenvalue weighted by atomic mass is 10.0. The lowest BCUT2D eigenvalue weighted by Gasteiger charge is -2.29. The Bertz CT molecular complexity index is 1460. The number of hydrogen-bond acceptors (Lipinski definition) is 6. The fraction of sp³-hybridized carbons (Fsp3) is 0.208. The molecular formula is C24H20N4O4S. The molecule has 0 N–H and O–H groups in total. The number of hydrogen-bond donors (Lipinski definition) is 0. The quantitative estimate of drug-likeness (QED) is 0.334. The molecule has 1 amide bonds. The van der Waals surface area contributed by atoms with Gasteiger partial charge in [0, 0.05) is 34.8 Å². The zero-order valence-corrected chi connectivity index (χ0v) is 18.7. The minimum absolute atomic E-state index is 0.00943. The number of anilines is 1. The van der Waals surface area contributed by atoms with Gasteiger partial charge in [-0.25, -0.2) is 4.98 Å². The van der Waals surface area contributed by atoms with Crippen molar-refractivity contribution in [1.82, 2.24) is 9.55 Å². The van der Waals surface area contributed by atoms with Crippen LogP contribution < -0.4 is 10.5 Å². The summed E-state index contributed by atoms with van der Waals surface area (Å²) in [6, 6.07) is 14.2. The summed E-state index contributed by atoms with van der Waals surface area (Å²) in [6.07, 6.45) is 2.80. The van der Waals surface area contributed by atoms with Crippen LogP contribution >= 0.6 is 11.3 Å². The zero-order chi connectivity index (χ0) is 23.1. The van der Waals surface area contributed by atoms with Crippen molar-refractivity contribution in [3.05, 3.63) is 85.8 Å². The molecule has 33 heavy (non-hydrogen) atoms. The van der Waals surface area contributed by atoms with Crippen LogP contribution in [0.5, 0.6) is 0 Å². The third kappa shape index (κ3) is 3.70. The average molecular weight is 461 g/mol. The molecule has 0 fully saturated rings. The van der Waals surface area contributed by atoms with E-state index in [2.05, 4.69) is 4.98 Å². The van der Waals surface area contributed by atoms with Gasteiger partial charge in [-0.15, -0.1) is 11.3 Å². The van der Waals surface area contributed by atoms with Gasteiger partial charge in [0.15, 0.2) is 0 Å². The van der Waals surface area contributed by atoms with Gasteiger partial charge in [-0.1, -0.05) is 30.3 Å². The van der Waals surface area contributed by atoms with Gasteiger partial charge in [-0.05, 0) is 37.0 Å². The van der Waals surface area contributed by atoms with Gasteiger partial charge in [0.1, 0.15) is 11.4 Å². The lowest BCUT2D eigenvalue weighted by molar-refractivity contribution is -0.384. The molecule has 5 rings (SSSR count). The molecule has 1 aliphatic heterocycles. The molecule has 4 aromatic rings. The smallest absolute Gasteiger partial charge is 0.269 e. The Morgan fingerprint density at radius 3 is 2.76 bits per heavy atom. The molecule has 0 spiro atoms. The maximum absolute atomic E-state index is 13.4. The van der Waals surface area contributed by atoms with Crippen molar-refractivity contribution in [2.24, 2.45) is 0 Å². The summed E-state index contributed by atoms with van der Waals surface area (Å²) in [5.74, 6) is -0.249. The predicted octanol–water partition coefficient (Wildman–Crippen LogP) is 4.32. The number of aromatic nitrogens is 2. The monoisotopic (exact) mass is 460 g/mol. The molecular weight excluding hydrogens is 440 g/mol. The van der Waals surface area contributed by atoms with Gasteiger partial charge >= 0.3 is 0 Å². The summed E-state index contributed by atoms with van der Waals surface area (Å²) in [6.45, 7) is 2.32. The number of aryl methyl sites for hydroxylation is 2. The summed E-state index contributed by atoms with van der Waals surface area (Å²) >= 11 is 1.46. The van der Waals surface area contributed by atoms with Gasteiger partial charge in [-0.3, -0.25) is 24.3 Å². The van der Waals surface area contributed by atoms with E-state index in [-0.39, 0.29) is 23.7 Å². The molecule has 0 saturated carbocycles. The van der Waals surface area contributed by atoms with Crippen LogP contribution in [0.25, 0.3) is 21.3 Å². The number of carbonyl (C=O) groups excluding carboxylic acids is 1. The van der Waals surface area contributed by atoms with E-state index < -0.39 is 4.92 Å². The largest absolute Gasteiger partial charge is 0.311 e. The Morgan fingerprint density at radius 1 is 1.21 bits per heavy atom. The lowest BCUT2D eigenvalue weighted by Crippen LogP contribution is -2.39. The van der Waals surface area contributed by atoms with E-state index in [0.717, 1.165) is 21.6 Å². The number of thiophene rings is 1. The molecule has 2 aromatic heterocycles. The maximum Gasteiger partial charge on any atom is 0.269 e. The number of rotatable bonds is 4. The van der Waals surface area contributed by atoms with Crippen LogP contribution in [0.15, 0.2) is 59.7 Å². The Hall–Kier alpha value is -3.85. The van der Waals surface area contributed by atoms with Crippen LogP contribution in [0.1, 0.15) is 16.9 Å². The molecule has 9 heteroatoms. The first-order valence-corrected chi connectivity index (χ1v) is 11.4. The topological polar surface area (TPSA) is 98.3 Å². The Balaban J connectivity index is 1.51. The normalized spacial score (nSPS) is 13.2. The Kier molecular flexibility index (Phi) is 5.26. The van der Waals surface area contributed by atoms with Crippen molar-refractivity contribution in [2.45, 2.75) is 26.3 Å². The van der Waals surface area contributed by atoms with Crippen molar-refractivity contribution < 1.29 is 9.72 Å². The number of carbonyl (C=O) groups is 1. The fourth-order valence-electron chi connectivity index (χ4n) is 4.39. The molecule has 1 aliphatic rings. The first-order chi connectivity index (χ1) is 15.9. The summed E-state index contributed by atoms with van der Waals surface area (Å²) in [7, 11) is 0. The molecule has 0 saturated heterocycles. The number of amides is 1. The van der Waals surface area contributed by atoms with E-state index in [1.54, 1.807) is 11.0 Å². The first kappa shape index (κ1) is 21.0. The van der Waals surface area contributed by atoms with Gasteiger partial charge in [0.05, 0.1) is 16.6 Å². The van der Waals surface area contributed by atoms with E-state index in [1.807, 2.05) is 37.3 Å². The molecule has 0 atom stereocenters. The Labute approximate surface area is 192 Å². The van der Waals surface area contributed by atoms with Gasteiger partial charge in [-0.2, -0.15) is 0 Å². The number of fused-ring (bicyclic) bond motifs is 2. The number of non-ortho nitro benzene ring substituents is 1. The number of benzene rings is 2. The molecule has 3 heterocycles. The van der Waals surface area contributed by atoms with Crippen LogP contribution in [0.3, 0.4) is 0 Å². The van der Waals surface area contributed by atoms with Crippen LogP contribution in [-0.4, -0.2) is 26.9 Å². The molecule has 0 radical (unpaired) electrons. The first-order valence-electron chi connectivity index (χ1n) is 10.6. The van der Waals surface area contributed by atoms with E-state index >= 15 is 0 Å². The molecule has 2 aromatic carbocycles. The molecule has 166 valence electrons. The molecule has 0 aliphatic carbocycles. The van der Waals surface area contributed by atoms with Gasteiger partial charge in [0.2, 0.25) is 5.91 Å². The van der Waals surface area contributed by atoms with Crippen LogP contribution in [0.2, 0.25) is 0 Å². The summed E-state index contributed by atoms with van der Waals surface area (Å²) in [4.78, 5) is 45.0. The van der Waals surface area contributed by atoms with E-state index in [4.69, 9.17) is 0 Å². The highest BCUT2D eigenvalue weighted by molar-refractivity contribution is 7.19. The third-order valence-corrected chi connectivity index (χ3v) is 6.93. The number of nitro benzene ring substituents is 1. The summed E-state index contributed by atoms with van der Waals surface area (Å²) in [5.41, 5.74) is 2.98. The zero-order valence-electron chi connectivity index (χ0n) is 17.9. The molecule has 0 bridgehead atoms. The van der Waals surface area contributed by atoms with Crippen molar-refractivity contribution >= 4 is 38.8 Å². The third-order valence-electron chi connectivity index (χ3n) is 5.92. The van der Waals surface area contributed by atoms with Gasteiger partial charge < -0.3 is 4.90 Å². The van der Waals surface area contributed by atoms with Crippen molar-refractivity contribution in [3.63, 3.8) is 0 Å². The maximum atomic E-state index is 13.4. The highest BCUT2D eigenvalue weighted by Gasteiger charge is 2.25. The standard InChI is InChI=1S/C24H20N4O4S/c1-15-21(16-6-3-2-4-7-16)22-23(33-15)25-14-26(24(22)30)13-20(29)27-11-5-8-17-12-18(28(31)32)9-10-19(17)27/h2-4,6-7,9-10,12,14H,5,8,11,13H2,1H3. The minimum Gasteiger partial charge on any atom is -0.311 e. The molecule has 8 nitrogen and oxygen atoms in total. The van der Waals surface area contributed by atoms with Crippen LogP contribution in [-0.2, 0) is 17.8 Å². The van der Waals surface area contributed by atoms with E-state index in [1.165, 1.54) is 34.4 Å². The van der Waals surface area contributed by atoms with E-state index in [0.29, 0.717) is 35.3 Å². The predicted molar refractivity (Wildman–Crippen MR) is 128 cm³/mol. The summed E-state index contributed by atoms with van der Waals surface area (Å²) < 4.78 is 1.35. The van der Waals surface area contributed by atoms with Crippen LogP contribution in [0, 0.1) is 17.0 Å². The number of nitro groups is 1.